The molecule has 8 heteroatoms. The zero-order valence-corrected chi connectivity index (χ0v) is 10.3. The number of aromatic carboxylic acids is 1. The first-order valence-electron chi connectivity index (χ1n) is 4.69. The number of hydrogen-bond donors (Lipinski definition) is 2. The first-order valence-corrected chi connectivity index (χ1v) is 5.80. The van der Waals surface area contributed by atoms with Crippen LogP contribution in [0.3, 0.4) is 0 Å². The van der Waals surface area contributed by atoms with Crippen LogP contribution >= 0.6 is 23.3 Å². The third-order valence-corrected chi connectivity index (χ3v) is 2.84. The second kappa shape index (κ2) is 5.11. The SMILES string of the molecule is O=C(Nc1ccc(C(=O)O)c(Cl)c1)c1cnsn1. The molecular weight excluding hydrogens is 278 g/mol. The summed E-state index contributed by atoms with van der Waals surface area (Å²) in [5, 5.41) is 11.4. The van der Waals surface area contributed by atoms with Gasteiger partial charge in [-0.15, -0.1) is 0 Å². The van der Waals surface area contributed by atoms with Crippen molar-refractivity contribution >= 4 is 40.9 Å². The molecule has 1 heterocycles. The molecule has 2 N–H and O–H groups in total. The molecule has 0 aliphatic rings. The van der Waals surface area contributed by atoms with E-state index in [1.165, 1.54) is 24.4 Å². The Morgan fingerprint density at radius 2 is 2.17 bits per heavy atom. The van der Waals surface area contributed by atoms with Crippen LogP contribution in [0.1, 0.15) is 20.8 Å². The van der Waals surface area contributed by atoms with Gasteiger partial charge in [0, 0.05) is 5.69 Å². The van der Waals surface area contributed by atoms with Gasteiger partial charge in [-0.25, -0.2) is 4.79 Å². The number of nitrogens with zero attached hydrogens (tertiary/aromatic N) is 2. The maximum absolute atomic E-state index is 11.6. The Balaban J connectivity index is 2.18. The lowest BCUT2D eigenvalue weighted by Gasteiger charge is -2.05. The van der Waals surface area contributed by atoms with Gasteiger partial charge in [0.05, 0.1) is 28.5 Å². The molecule has 2 aromatic rings. The Kier molecular flexibility index (Phi) is 3.54. The number of carbonyl (C=O) groups is 2. The number of carbonyl (C=O) groups excluding carboxylic acids is 1. The minimum absolute atomic E-state index is 0.0232. The third-order valence-electron chi connectivity index (χ3n) is 2.05. The van der Waals surface area contributed by atoms with Crippen LogP contribution in [-0.4, -0.2) is 25.7 Å². The van der Waals surface area contributed by atoms with Crippen LogP contribution in [0.4, 0.5) is 5.69 Å². The maximum Gasteiger partial charge on any atom is 0.337 e. The number of benzene rings is 1. The molecule has 0 aliphatic carbocycles. The largest absolute Gasteiger partial charge is 0.478 e. The predicted molar refractivity (Wildman–Crippen MR) is 66.3 cm³/mol. The highest BCUT2D eigenvalue weighted by atomic mass is 35.5. The van der Waals surface area contributed by atoms with Gasteiger partial charge in [-0.1, -0.05) is 11.6 Å². The molecule has 92 valence electrons. The molecule has 0 fully saturated rings. The molecule has 0 unspecified atom stereocenters. The number of aromatic nitrogens is 2. The Morgan fingerprint density at radius 1 is 1.39 bits per heavy atom. The van der Waals surface area contributed by atoms with E-state index in [-0.39, 0.29) is 16.3 Å². The fraction of sp³-hybridized carbons (Fsp3) is 0. The smallest absolute Gasteiger partial charge is 0.337 e. The molecule has 0 saturated carbocycles. The third kappa shape index (κ3) is 2.63. The average Bonchev–Trinajstić information content (AvgIpc) is 2.81. The van der Waals surface area contributed by atoms with E-state index in [2.05, 4.69) is 14.1 Å². The summed E-state index contributed by atoms with van der Waals surface area (Å²) in [4.78, 5) is 22.4. The van der Waals surface area contributed by atoms with E-state index in [1.807, 2.05) is 0 Å². The van der Waals surface area contributed by atoms with Crippen molar-refractivity contribution < 1.29 is 14.7 Å². The second-order valence-electron chi connectivity index (χ2n) is 3.25. The first kappa shape index (κ1) is 12.5. The predicted octanol–water partition coefficient (Wildman–Crippen LogP) is 2.14. The van der Waals surface area contributed by atoms with Gasteiger partial charge in [0.15, 0.2) is 5.69 Å². The highest BCUT2D eigenvalue weighted by molar-refractivity contribution is 6.99. The molecule has 0 spiro atoms. The van der Waals surface area contributed by atoms with Gasteiger partial charge < -0.3 is 10.4 Å². The average molecular weight is 284 g/mol. The van der Waals surface area contributed by atoms with E-state index in [0.29, 0.717) is 5.69 Å². The van der Waals surface area contributed by atoms with Crippen LogP contribution in [0, 0.1) is 0 Å². The molecule has 0 atom stereocenters. The summed E-state index contributed by atoms with van der Waals surface area (Å²) in [6, 6.07) is 4.13. The summed E-state index contributed by atoms with van der Waals surface area (Å²) < 4.78 is 7.48. The van der Waals surface area contributed by atoms with Gasteiger partial charge in [0.1, 0.15) is 0 Å². The molecule has 18 heavy (non-hydrogen) atoms. The van der Waals surface area contributed by atoms with Crippen molar-refractivity contribution in [3.05, 3.63) is 40.7 Å². The van der Waals surface area contributed by atoms with Gasteiger partial charge in [-0.2, -0.15) is 8.75 Å². The summed E-state index contributed by atoms with van der Waals surface area (Å²) in [6.45, 7) is 0. The highest BCUT2D eigenvalue weighted by Crippen LogP contribution is 2.21. The van der Waals surface area contributed by atoms with Crippen LogP contribution in [-0.2, 0) is 0 Å². The number of carboxylic acids is 1. The summed E-state index contributed by atoms with van der Waals surface area (Å²) in [5.74, 6) is -1.55. The number of nitrogens with one attached hydrogen (secondary N) is 1. The Morgan fingerprint density at radius 3 is 2.72 bits per heavy atom. The highest BCUT2D eigenvalue weighted by Gasteiger charge is 2.12. The minimum Gasteiger partial charge on any atom is -0.478 e. The number of rotatable bonds is 3. The molecule has 2 rings (SSSR count). The van der Waals surface area contributed by atoms with E-state index in [9.17, 15) is 9.59 Å². The summed E-state index contributed by atoms with van der Waals surface area (Å²) >= 11 is 6.70. The van der Waals surface area contributed by atoms with E-state index >= 15 is 0 Å². The molecular formula is C10H6ClN3O3S. The lowest BCUT2D eigenvalue weighted by atomic mass is 10.2. The first-order chi connectivity index (χ1) is 8.58. The zero-order chi connectivity index (χ0) is 13.1. The molecule has 0 radical (unpaired) electrons. The number of carboxylic acid groups (broad SMARTS) is 1. The van der Waals surface area contributed by atoms with E-state index < -0.39 is 11.9 Å². The molecule has 6 nitrogen and oxygen atoms in total. The van der Waals surface area contributed by atoms with Crippen LogP contribution in [0.2, 0.25) is 5.02 Å². The van der Waals surface area contributed by atoms with Crippen molar-refractivity contribution in [1.29, 1.82) is 0 Å². The zero-order valence-electron chi connectivity index (χ0n) is 8.75. The van der Waals surface area contributed by atoms with Crippen molar-refractivity contribution in [2.45, 2.75) is 0 Å². The molecule has 0 aliphatic heterocycles. The van der Waals surface area contributed by atoms with Gasteiger partial charge in [0.25, 0.3) is 5.91 Å². The van der Waals surface area contributed by atoms with E-state index in [0.717, 1.165) is 11.7 Å². The van der Waals surface area contributed by atoms with Crippen molar-refractivity contribution in [3.8, 4) is 0 Å². The van der Waals surface area contributed by atoms with Gasteiger partial charge in [-0.05, 0) is 18.2 Å². The summed E-state index contributed by atoms with van der Waals surface area (Å²) in [7, 11) is 0. The number of anilines is 1. The number of hydrogen-bond acceptors (Lipinski definition) is 5. The van der Waals surface area contributed by atoms with Crippen molar-refractivity contribution in [2.24, 2.45) is 0 Å². The summed E-state index contributed by atoms with van der Waals surface area (Å²) in [6.07, 6.45) is 1.34. The van der Waals surface area contributed by atoms with E-state index in [4.69, 9.17) is 16.7 Å². The Bertz CT molecular complexity index is 600. The van der Waals surface area contributed by atoms with Crippen LogP contribution in [0.5, 0.6) is 0 Å². The lowest BCUT2D eigenvalue weighted by Crippen LogP contribution is -2.12. The second-order valence-corrected chi connectivity index (χ2v) is 4.21. The molecule has 1 aromatic carbocycles. The minimum atomic E-state index is -1.12. The molecule has 1 amide bonds. The fourth-order valence-electron chi connectivity index (χ4n) is 1.23. The van der Waals surface area contributed by atoms with Crippen molar-refractivity contribution in [1.82, 2.24) is 8.75 Å². The summed E-state index contributed by atoms with van der Waals surface area (Å²) in [5.41, 5.74) is 0.562. The van der Waals surface area contributed by atoms with Gasteiger partial charge in [0.2, 0.25) is 0 Å². The Labute approximate surface area is 111 Å². The normalized spacial score (nSPS) is 10.1. The topological polar surface area (TPSA) is 92.2 Å². The number of halogens is 1. The Hall–Kier alpha value is -1.99. The molecule has 1 aromatic heterocycles. The lowest BCUT2D eigenvalue weighted by molar-refractivity contribution is 0.0697. The maximum atomic E-state index is 11.6. The van der Waals surface area contributed by atoms with Crippen LogP contribution < -0.4 is 5.32 Å². The standard InChI is InChI=1S/C10H6ClN3O3S/c11-7-3-5(1-2-6(7)10(16)17)13-9(15)8-4-12-18-14-8/h1-4H,(H,13,15)(H,16,17). The van der Waals surface area contributed by atoms with Gasteiger partial charge in [-0.3, -0.25) is 4.79 Å². The fourth-order valence-corrected chi connectivity index (χ4v) is 1.90. The molecule has 0 bridgehead atoms. The number of amides is 1. The molecule has 0 saturated heterocycles. The van der Waals surface area contributed by atoms with Crippen LogP contribution in [0.15, 0.2) is 24.4 Å². The van der Waals surface area contributed by atoms with Crippen LogP contribution in [0.25, 0.3) is 0 Å². The monoisotopic (exact) mass is 283 g/mol. The van der Waals surface area contributed by atoms with E-state index in [1.54, 1.807) is 0 Å². The van der Waals surface area contributed by atoms with Crippen molar-refractivity contribution in [2.75, 3.05) is 5.32 Å². The van der Waals surface area contributed by atoms with Gasteiger partial charge >= 0.3 is 5.97 Å². The quantitative estimate of drug-likeness (QED) is 0.900. The van der Waals surface area contributed by atoms with Crippen molar-refractivity contribution in [3.63, 3.8) is 0 Å².